The van der Waals surface area contributed by atoms with E-state index >= 15 is 0 Å². The molecule has 17 heavy (non-hydrogen) atoms. The second-order valence-electron chi connectivity index (χ2n) is 5.53. The summed E-state index contributed by atoms with van der Waals surface area (Å²) in [6, 6.07) is 8.40. The topological polar surface area (TPSA) is 21.3 Å². The van der Waals surface area contributed by atoms with Crippen molar-refractivity contribution in [1.29, 1.82) is 0 Å². The first kappa shape index (κ1) is 14.0. The van der Waals surface area contributed by atoms with E-state index in [0.29, 0.717) is 5.92 Å². The first-order valence-electron chi connectivity index (χ1n) is 6.40. The molecule has 1 aromatic carbocycles. The zero-order chi connectivity index (χ0) is 12.9. The van der Waals surface area contributed by atoms with E-state index < -0.39 is 0 Å². The van der Waals surface area contributed by atoms with Crippen LogP contribution in [0.1, 0.15) is 46.1 Å². The van der Waals surface area contributed by atoms with Crippen molar-refractivity contribution in [2.45, 2.75) is 46.1 Å². The number of rotatable bonds is 5. The summed E-state index contributed by atoms with van der Waals surface area (Å²) in [7, 11) is 0. The Bertz CT molecular complexity index is 324. The Morgan fingerprint density at radius 3 is 2.24 bits per heavy atom. The molecule has 0 aliphatic rings. The Labute approximate surface area is 105 Å². The van der Waals surface area contributed by atoms with E-state index in [4.69, 9.17) is 4.74 Å². The SMILES string of the molecule is CCOc1ccc(C(C)CNC(C)(C)C)cc1. The highest BCUT2D eigenvalue weighted by atomic mass is 16.5. The lowest BCUT2D eigenvalue weighted by Crippen LogP contribution is -2.38. The Hall–Kier alpha value is -1.02. The van der Waals surface area contributed by atoms with Gasteiger partial charge in [0.1, 0.15) is 5.75 Å². The number of nitrogens with one attached hydrogen (secondary N) is 1. The third-order valence-electron chi connectivity index (χ3n) is 2.70. The van der Waals surface area contributed by atoms with Gasteiger partial charge in [0.05, 0.1) is 6.61 Å². The van der Waals surface area contributed by atoms with Crippen molar-refractivity contribution in [3.05, 3.63) is 29.8 Å². The van der Waals surface area contributed by atoms with E-state index in [0.717, 1.165) is 18.9 Å². The molecule has 0 bridgehead atoms. The maximum absolute atomic E-state index is 5.44. The highest BCUT2D eigenvalue weighted by molar-refractivity contribution is 5.29. The molecule has 0 aliphatic carbocycles. The van der Waals surface area contributed by atoms with Crippen LogP contribution in [0.25, 0.3) is 0 Å². The van der Waals surface area contributed by atoms with Crippen LogP contribution < -0.4 is 10.1 Å². The Kier molecular flexibility index (Phi) is 5.01. The van der Waals surface area contributed by atoms with Crippen molar-refractivity contribution in [2.75, 3.05) is 13.2 Å². The summed E-state index contributed by atoms with van der Waals surface area (Å²) in [5.41, 5.74) is 1.53. The standard InChI is InChI=1S/C15H25NO/c1-6-17-14-9-7-13(8-10-14)12(2)11-16-15(3,4)5/h7-10,12,16H,6,11H2,1-5H3. The molecular formula is C15H25NO. The quantitative estimate of drug-likeness (QED) is 0.842. The van der Waals surface area contributed by atoms with Gasteiger partial charge in [-0.1, -0.05) is 19.1 Å². The molecule has 2 heteroatoms. The minimum atomic E-state index is 0.180. The zero-order valence-corrected chi connectivity index (χ0v) is 11.7. The molecule has 0 aliphatic heterocycles. The molecule has 0 spiro atoms. The Morgan fingerprint density at radius 2 is 1.76 bits per heavy atom. The molecule has 0 amide bonds. The monoisotopic (exact) mass is 235 g/mol. The lowest BCUT2D eigenvalue weighted by Gasteiger charge is -2.23. The minimum Gasteiger partial charge on any atom is -0.494 e. The van der Waals surface area contributed by atoms with E-state index in [-0.39, 0.29) is 5.54 Å². The van der Waals surface area contributed by atoms with Crippen LogP contribution >= 0.6 is 0 Å². The molecule has 0 radical (unpaired) electrons. The fourth-order valence-corrected chi connectivity index (χ4v) is 1.64. The van der Waals surface area contributed by atoms with Crippen molar-refractivity contribution in [3.63, 3.8) is 0 Å². The molecule has 0 saturated heterocycles. The minimum absolute atomic E-state index is 0.180. The molecule has 1 aromatic rings. The highest BCUT2D eigenvalue weighted by Gasteiger charge is 2.12. The second-order valence-corrected chi connectivity index (χ2v) is 5.53. The number of ether oxygens (including phenoxy) is 1. The lowest BCUT2D eigenvalue weighted by molar-refractivity contribution is 0.340. The zero-order valence-electron chi connectivity index (χ0n) is 11.7. The van der Waals surface area contributed by atoms with Gasteiger partial charge in [0.15, 0.2) is 0 Å². The van der Waals surface area contributed by atoms with Gasteiger partial charge in [-0.15, -0.1) is 0 Å². The molecule has 0 saturated carbocycles. The van der Waals surface area contributed by atoms with E-state index in [1.165, 1.54) is 5.56 Å². The van der Waals surface area contributed by atoms with Crippen LogP contribution in [0.3, 0.4) is 0 Å². The largest absolute Gasteiger partial charge is 0.494 e. The third-order valence-corrected chi connectivity index (χ3v) is 2.70. The van der Waals surface area contributed by atoms with Crippen molar-refractivity contribution < 1.29 is 4.74 Å². The van der Waals surface area contributed by atoms with E-state index in [9.17, 15) is 0 Å². The summed E-state index contributed by atoms with van der Waals surface area (Å²) in [4.78, 5) is 0. The van der Waals surface area contributed by atoms with Crippen LogP contribution in [-0.2, 0) is 0 Å². The molecule has 1 rings (SSSR count). The summed E-state index contributed by atoms with van der Waals surface area (Å²) in [6.07, 6.45) is 0. The van der Waals surface area contributed by atoms with Crippen LogP contribution in [0.2, 0.25) is 0 Å². The van der Waals surface area contributed by atoms with E-state index in [1.54, 1.807) is 0 Å². The average molecular weight is 235 g/mol. The van der Waals surface area contributed by atoms with Crippen molar-refractivity contribution in [1.82, 2.24) is 5.32 Å². The molecule has 1 atom stereocenters. The maximum Gasteiger partial charge on any atom is 0.119 e. The second kappa shape index (κ2) is 6.06. The van der Waals surface area contributed by atoms with Gasteiger partial charge in [-0.05, 0) is 51.3 Å². The number of hydrogen-bond donors (Lipinski definition) is 1. The molecular weight excluding hydrogens is 210 g/mol. The van der Waals surface area contributed by atoms with Crippen molar-refractivity contribution in [3.8, 4) is 5.75 Å². The van der Waals surface area contributed by atoms with Gasteiger partial charge in [-0.3, -0.25) is 0 Å². The normalized spacial score (nSPS) is 13.5. The fraction of sp³-hybridized carbons (Fsp3) is 0.600. The lowest BCUT2D eigenvalue weighted by atomic mass is 9.99. The number of hydrogen-bond acceptors (Lipinski definition) is 2. The Morgan fingerprint density at radius 1 is 1.18 bits per heavy atom. The maximum atomic E-state index is 5.44. The predicted octanol–water partition coefficient (Wildman–Crippen LogP) is 3.58. The van der Waals surface area contributed by atoms with Crippen molar-refractivity contribution in [2.24, 2.45) is 0 Å². The molecule has 1 N–H and O–H groups in total. The van der Waals surface area contributed by atoms with Crippen LogP contribution in [0.15, 0.2) is 24.3 Å². The summed E-state index contributed by atoms with van der Waals surface area (Å²) < 4.78 is 5.44. The van der Waals surface area contributed by atoms with Crippen molar-refractivity contribution >= 4 is 0 Å². The first-order valence-corrected chi connectivity index (χ1v) is 6.40. The highest BCUT2D eigenvalue weighted by Crippen LogP contribution is 2.19. The Balaban J connectivity index is 2.54. The molecule has 0 aromatic heterocycles. The molecule has 96 valence electrons. The van der Waals surface area contributed by atoms with E-state index in [2.05, 4.69) is 45.1 Å². The van der Waals surface area contributed by atoms with Gasteiger partial charge in [-0.2, -0.15) is 0 Å². The smallest absolute Gasteiger partial charge is 0.119 e. The fourth-order valence-electron chi connectivity index (χ4n) is 1.64. The van der Waals surface area contributed by atoms with Crippen LogP contribution in [0.5, 0.6) is 5.75 Å². The van der Waals surface area contributed by atoms with Gasteiger partial charge < -0.3 is 10.1 Å². The van der Waals surface area contributed by atoms with Gasteiger partial charge in [0, 0.05) is 12.1 Å². The first-order chi connectivity index (χ1) is 7.92. The molecule has 1 unspecified atom stereocenters. The third kappa shape index (κ3) is 5.22. The molecule has 2 nitrogen and oxygen atoms in total. The molecule has 0 heterocycles. The summed E-state index contributed by atoms with van der Waals surface area (Å²) in [5.74, 6) is 1.47. The summed E-state index contributed by atoms with van der Waals surface area (Å²) >= 11 is 0. The van der Waals surface area contributed by atoms with E-state index in [1.807, 2.05) is 19.1 Å². The molecule has 0 fully saturated rings. The van der Waals surface area contributed by atoms with Crippen LogP contribution in [0.4, 0.5) is 0 Å². The predicted molar refractivity (Wildman–Crippen MR) is 73.8 cm³/mol. The van der Waals surface area contributed by atoms with Crippen LogP contribution in [-0.4, -0.2) is 18.7 Å². The van der Waals surface area contributed by atoms with Gasteiger partial charge in [0.2, 0.25) is 0 Å². The van der Waals surface area contributed by atoms with Gasteiger partial charge >= 0.3 is 0 Å². The van der Waals surface area contributed by atoms with Crippen LogP contribution in [0, 0.1) is 0 Å². The summed E-state index contributed by atoms with van der Waals surface area (Å²) in [6.45, 7) is 12.5. The average Bonchev–Trinajstić information content (AvgIpc) is 2.26. The summed E-state index contributed by atoms with van der Waals surface area (Å²) in [5, 5.41) is 3.53. The van der Waals surface area contributed by atoms with Gasteiger partial charge in [-0.25, -0.2) is 0 Å². The number of benzene rings is 1. The van der Waals surface area contributed by atoms with Gasteiger partial charge in [0.25, 0.3) is 0 Å².